The Morgan fingerprint density at radius 3 is 2.32 bits per heavy atom. The minimum atomic E-state index is -0.736. The van der Waals surface area contributed by atoms with E-state index in [2.05, 4.69) is 49.9 Å². The fraction of sp³-hybridized carbons (Fsp3) is 0.562. The molecule has 1 aromatic carbocycles. The van der Waals surface area contributed by atoms with E-state index < -0.39 is 5.97 Å². The lowest BCUT2D eigenvalue weighted by Crippen LogP contribution is -2.27. The summed E-state index contributed by atoms with van der Waals surface area (Å²) >= 11 is 0. The second kappa shape index (κ2) is 7.82. The lowest BCUT2D eigenvalue weighted by atomic mass is 10.0. The van der Waals surface area contributed by atoms with Crippen LogP contribution in [0.5, 0.6) is 0 Å². The molecule has 19 heavy (non-hydrogen) atoms. The van der Waals surface area contributed by atoms with Gasteiger partial charge >= 0.3 is 5.97 Å². The van der Waals surface area contributed by atoms with Crippen LogP contribution in [0.15, 0.2) is 24.3 Å². The number of carboxylic acids is 1. The first-order chi connectivity index (χ1) is 9.04. The van der Waals surface area contributed by atoms with Gasteiger partial charge in [0.15, 0.2) is 0 Å². The number of unbranched alkanes of at least 4 members (excludes halogenated alkanes) is 1. The van der Waals surface area contributed by atoms with E-state index in [0.29, 0.717) is 12.5 Å². The molecule has 0 aliphatic rings. The Morgan fingerprint density at radius 1 is 1.21 bits per heavy atom. The van der Waals surface area contributed by atoms with Gasteiger partial charge < -0.3 is 10.0 Å². The van der Waals surface area contributed by atoms with Crippen molar-refractivity contribution in [1.29, 1.82) is 0 Å². The average molecular weight is 263 g/mol. The van der Waals surface area contributed by atoms with Gasteiger partial charge in [0, 0.05) is 18.8 Å². The highest BCUT2D eigenvalue weighted by molar-refractivity contribution is 5.67. The number of carbonyl (C=O) groups is 1. The molecule has 0 amide bonds. The first kappa shape index (κ1) is 15.5. The van der Waals surface area contributed by atoms with E-state index in [4.69, 9.17) is 5.11 Å². The van der Waals surface area contributed by atoms with Crippen LogP contribution in [0.25, 0.3) is 0 Å². The summed E-state index contributed by atoms with van der Waals surface area (Å²) in [4.78, 5) is 12.9. The van der Waals surface area contributed by atoms with E-state index in [1.807, 2.05) is 0 Å². The fourth-order valence-corrected chi connectivity index (χ4v) is 2.02. The highest BCUT2D eigenvalue weighted by Gasteiger charge is 2.09. The van der Waals surface area contributed by atoms with E-state index in [0.717, 1.165) is 25.1 Å². The topological polar surface area (TPSA) is 40.5 Å². The van der Waals surface area contributed by atoms with Crippen molar-refractivity contribution in [2.24, 2.45) is 0 Å². The van der Waals surface area contributed by atoms with Gasteiger partial charge in [-0.05, 0) is 30.0 Å². The van der Waals surface area contributed by atoms with Crippen LogP contribution in [0.1, 0.15) is 51.5 Å². The third-order valence-electron chi connectivity index (χ3n) is 3.30. The largest absolute Gasteiger partial charge is 0.481 e. The van der Waals surface area contributed by atoms with Crippen molar-refractivity contribution in [2.75, 3.05) is 18.0 Å². The van der Waals surface area contributed by atoms with Crippen molar-refractivity contribution >= 4 is 11.7 Å². The molecule has 0 unspecified atom stereocenters. The third-order valence-corrected chi connectivity index (χ3v) is 3.30. The normalized spacial score (nSPS) is 10.7. The second-order valence-electron chi connectivity index (χ2n) is 5.23. The van der Waals surface area contributed by atoms with Crippen LogP contribution in [-0.2, 0) is 4.79 Å². The number of anilines is 1. The quantitative estimate of drug-likeness (QED) is 0.773. The molecule has 0 aliphatic carbocycles. The predicted octanol–water partition coefficient (Wildman–Crippen LogP) is 3.89. The number of benzene rings is 1. The highest BCUT2D eigenvalue weighted by atomic mass is 16.4. The molecule has 0 heterocycles. The van der Waals surface area contributed by atoms with Gasteiger partial charge in [0.2, 0.25) is 0 Å². The Bertz CT molecular complexity index is 384. The summed E-state index contributed by atoms with van der Waals surface area (Å²) in [5.41, 5.74) is 2.44. The van der Waals surface area contributed by atoms with Gasteiger partial charge in [-0.1, -0.05) is 39.3 Å². The van der Waals surface area contributed by atoms with Gasteiger partial charge in [-0.25, -0.2) is 0 Å². The molecule has 0 radical (unpaired) electrons. The van der Waals surface area contributed by atoms with Gasteiger partial charge in [-0.3, -0.25) is 4.79 Å². The Balaban J connectivity index is 2.74. The maximum absolute atomic E-state index is 10.7. The van der Waals surface area contributed by atoms with Crippen molar-refractivity contribution in [2.45, 2.75) is 46.0 Å². The Morgan fingerprint density at radius 2 is 1.84 bits per heavy atom. The molecular formula is C16H25NO2. The van der Waals surface area contributed by atoms with Crippen molar-refractivity contribution in [3.05, 3.63) is 29.8 Å². The Labute approximate surface area is 116 Å². The number of carboxylic acid groups (broad SMARTS) is 1. The number of hydrogen-bond acceptors (Lipinski definition) is 2. The molecule has 0 aliphatic heterocycles. The number of hydrogen-bond donors (Lipinski definition) is 1. The standard InChI is InChI=1S/C16H25NO2/c1-4-5-11-17(12-10-16(18)19)15-8-6-14(7-9-15)13(2)3/h6-9,13H,4-5,10-12H2,1-3H3,(H,18,19). The minimum Gasteiger partial charge on any atom is -0.481 e. The maximum atomic E-state index is 10.7. The predicted molar refractivity (Wildman–Crippen MR) is 79.9 cm³/mol. The van der Waals surface area contributed by atoms with Crippen LogP contribution in [-0.4, -0.2) is 24.2 Å². The molecule has 3 heteroatoms. The smallest absolute Gasteiger partial charge is 0.305 e. The minimum absolute atomic E-state index is 0.190. The summed E-state index contributed by atoms with van der Waals surface area (Å²) in [6, 6.07) is 8.49. The summed E-state index contributed by atoms with van der Waals surface area (Å²) in [5, 5.41) is 8.82. The van der Waals surface area contributed by atoms with Crippen molar-refractivity contribution in [3.8, 4) is 0 Å². The molecule has 0 saturated heterocycles. The summed E-state index contributed by atoms with van der Waals surface area (Å²) in [7, 11) is 0. The molecule has 106 valence electrons. The fourth-order valence-electron chi connectivity index (χ4n) is 2.02. The van der Waals surface area contributed by atoms with Gasteiger partial charge in [0.1, 0.15) is 0 Å². The van der Waals surface area contributed by atoms with Crippen molar-refractivity contribution in [1.82, 2.24) is 0 Å². The van der Waals surface area contributed by atoms with Gasteiger partial charge in [-0.15, -0.1) is 0 Å². The van der Waals surface area contributed by atoms with Crippen molar-refractivity contribution in [3.63, 3.8) is 0 Å². The summed E-state index contributed by atoms with van der Waals surface area (Å²) in [5.74, 6) is -0.211. The lowest BCUT2D eigenvalue weighted by Gasteiger charge is -2.24. The zero-order valence-electron chi connectivity index (χ0n) is 12.2. The first-order valence-electron chi connectivity index (χ1n) is 7.11. The maximum Gasteiger partial charge on any atom is 0.305 e. The van der Waals surface area contributed by atoms with Crippen LogP contribution >= 0.6 is 0 Å². The van der Waals surface area contributed by atoms with E-state index in [1.165, 1.54) is 5.56 Å². The van der Waals surface area contributed by atoms with Gasteiger partial charge in [0.25, 0.3) is 0 Å². The molecule has 0 fully saturated rings. The van der Waals surface area contributed by atoms with Crippen LogP contribution in [0.3, 0.4) is 0 Å². The zero-order chi connectivity index (χ0) is 14.3. The summed E-state index contributed by atoms with van der Waals surface area (Å²) in [6.45, 7) is 8.00. The van der Waals surface area contributed by atoms with E-state index in [9.17, 15) is 4.79 Å². The SMILES string of the molecule is CCCCN(CCC(=O)O)c1ccc(C(C)C)cc1. The molecule has 0 aromatic heterocycles. The molecule has 0 atom stereocenters. The van der Waals surface area contributed by atoms with Crippen LogP contribution in [0.2, 0.25) is 0 Å². The lowest BCUT2D eigenvalue weighted by molar-refractivity contribution is -0.136. The molecule has 3 nitrogen and oxygen atoms in total. The third kappa shape index (κ3) is 5.33. The number of aliphatic carboxylic acids is 1. The van der Waals surface area contributed by atoms with Crippen LogP contribution in [0, 0.1) is 0 Å². The monoisotopic (exact) mass is 263 g/mol. The molecule has 0 saturated carbocycles. The van der Waals surface area contributed by atoms with E-state index in [-0.39, 0.29) is 6.42 Å². The Kier molecular flexibility index (Phi) is 6.40. The summed E-state index contributed by atoms with van der Waals surface area (Å²) in [6.07, 6.45) is 2.40. The number of rotatable bonds is 8. The Hall–Kier alpha value is -1.51. The zero-order valence-corrected chi connectivity index (χ0v) is 12.2. The molecule has 1 N–H and O–H groups in total. The molecule has 0 bridgehead atoms. The number of nitrogens with zero attached hydrogens (tertiary/aromatic N) is 1. The van der Waals surface area contributed by atoms with Gasteiger partial charge in [-0.2, -0.15) is 0 Å². The second-order valence-corrected chi connectivity index (χ2v) is 5.23. The van der Waals surface area contributed by atoms with Gasteiger partial charge in [0.05, 0.1) is 6.42 Å². The molecule has 0 spiro atoms. The van der Waals surface area contributed by atoms with Crippen LogP contribution in [0.4, 0.5) is 5.69 Å². The summed E-state index contributed by atoms with van der Waals surface area (Å²) < 4.78 is 0. The first-order valence-corrected chi connectivity index (χ1v) is 7.11. The van der Waals surface area contributed by atoms with E-state index >= 15 is 0 Å². The highest BCUT2D eigenvalue weighted by Crippen LogP contribution is 2.20. The molecule has 1 rings (SSSR count). The van der Waals surface area contributed by atoms with E-state index in [1.54, 1.807) is 0 Å². The molecule has 1 aromatic rings. The van der Waals surface area contributed by atoms with Crippen LogP contribution < -0.4 is 4.90 Å². The average Bonchev–Trinajstić information content (AvgIpc) is 2.39. The van der Waals surface area contributed by atoms with Crippen molar-refractivity contribution < 1.29 is 9.90 Å². The molecular weight excluding hydrogens is 238 g/mol.